The zero-order valence-electron chi connectivity index (χ0n) is 7.05. The molecule has 0 atom stereocenters. The van der Waals surface area contributed by atoms with Crippen molar-refractivity contribution in [3.63, 3.8) is 0 Å². The predicted molar refractivity (Wildman–Crippen MR) is 52.8 cm³/mol. The SMILES string of the molecule is O=C=N/C=C/C1=C/C=C\C=C/C=C\1. The van der Waals surface area contributed by atoms with Gasteiger partial charge in [0.15, 0.2) is 0 Å². The highest BCUT2D eigenvalue weighted by Crippen LogP contribution is 2.02. The Kier molecular flexibility index (Phi) is 4.02. The van der Waals surface area contributed by atoms with Gasteiger partial charge in [-0.3, -0.25) is 0 Å². The van der Waals surface area contributed by atoms with Gasteiger partial charge in [0.25, 0.3) is 0 Å². The van der Waals surface area contributed by atoms with Crippen molar-refractivity contribution in [3.05, 3.63) is 60.4 Å². The van der Waals surface area contributed by atoms with E-state index < -0.39 is 0 Å². The fraction of sp³-hybridized carbons (Fsp3) is 0. The van der Waals surface area contributed by atoms with Gasteiger partial charge in [-0.1, -0.05) is 42.5 Å². The Morgan fingerprint density at radius 3 is 2.77 bits per heavy atom. The first-order chi connectivity index (χ1) is 6.43. The lowest BCUT2D eigenvalue weighted by atomic mass is 10.2. The van der Waals surface area contributed by atoms with Gasteiger partial charge in [-0.05, 0) is 11.6 Å². The third-order valence-corrected chi connectivity index (χ3v) is 1.42. The van der Waals surface area contributed by atoms with Gasteiger partial charge in [0, 0.05) is 6.20 Å². The minimum absolute atomic E-state index is 0.986. The maximum absolute atomic E-state index is 9.76. The summed E-state index contributed by atoms with van der Waals surface area (Å²) in [6, 6.07) is 0. The van der Waals surface area contributed by atoms with Gasteiger partial charge in [-0.25, -0.2) is 4.79 Å². The Labute approximate surface area is 77.0 Å². The van der Waals surface area contributed by atoms with Crippen LogP contribution in [0.2, 0.25) is 0 Å². The summed E-state index contributed by atoms with van der Waals surface area (Å²) in [5.74, 6) is 0. The van der Waals surface area contributed by atoms with Crippen LogP contribution >= 0.6 is 0 Å². The van der Waals surface area contributed by atoms with Gasteiger partial charge in [-0.2, -0.15) is 4.99 Å². The predicted octanol–water partition coefficient (Wildman–Crippen LogP) is 2.44. The normalized spacial score (nSPS) is 26.3. The molecule has 2 nitrogen and oxygen atoms in total. The van der Waals surface area contributed by atoms with Crippen LogP contribution in [0.25, 0.3) is 0 Å². The summed E-state index contributed by atoms with van der Waals surface area (Å²) < 4.78 is 0. The molecule has 0 unspecified atom stereocenters. The second kappa shape index (κ2) is 5.70. The highest BCUT2D eigenvalue weighted by atomic mass is 16.1. The molecule has 1 aliphatic carbocycles. The molecule has 0 N–H and O–H groups in total. The molecular formula is C11H9NO. The van der Waals surface area contributed by atoms with Crippen molar-refractivity contribution in [2.24, 2.45) is 4.99 Å². The van der Waals surface area contributed by atoms with Crippen LogP contribution < -0.4 is 0 Å². The van der Waals surface area contributed by atoms with Crippen molar-refractivity contribution in [2.45, 2.75) is 0 Å². The topological polar surface area (TPSA) is 29.4 Å². The maximum Gasteiger partial charge on any atom is 0.239 e. The first-order valence-corrected chi connectivity index (χ1v) is 3.89. The Morgan fingerprint density at radius 2 is 1.92 bits per heavy atom. The molecule has 0 saturated heterocycles. The molecule has 13 heavy (non-hydrogen) atoms. The van der Waals surface area contributed by atoms with Crippen molar-refractivity contribution >= 4 is 6.08 Å². The minimum Gasteiger partial charge on any atom is -0.211 e. The number of hydrogen-bond donors (Lipinski definition) is 0. The number of hydrogen-bond acceptors (Lipinski definition) is 2. The third kappa shape index (κ3) is 3.85. The Hall–Kier alpha value is -1.92. The van der Waals surface area contributed by atoms with Crippen LogP contribution in [0, 0.1) is 0 Å². The molecule has 0 fully saturated rings. The van der Waals surface area contributed by atoms with Crippen molar-refractivity contribution in [3.8, 4) is 0 Å². The summed E-state index contributed by atoms with van der Waals surface area (Å²) >= 11 is 0. The van der Waals surface area contributed by atoms with Crippen LogP contribution in [0.4, 0.5) is 0 Å². The van der Waals surface area contributed by atoms with E-state index in [4.69, 9.17) is 0 Å². The lowest BCUT2D eigenvalue weighted by Crippen LogP contribution is -1.71. The zero-order valence-corrected chi connectivity index (χ0v) is 7.05. The molecule has 0 aromatic rings. The molecule has 0 aliphatic heterocycles. The monoisotopic (exact) mass is 171 g/mol. The molecule has 0 spiro atoms. The minimum atomic E-state index is 0.986. The second-order valence-electron chi connectivity index (χ2n) is 2.33. The molecular weight excluding hydrogens is 162 g/mol. The van der Waals surface area contributed by atoms with Crippen LogP contribution in [0.1, 0.15) is 0 Å². The molecule has 2 heteroatoms. The van der Waals surface area contributed by atoms with E-state index in [0.29, 0.717) is 0 Å². The van der Waals surface area contributed by atoms with Crippen molar-refractivity contribution < 1.29 is 4.79 Å². The number of allylic oxidation sites excluding steroid dienone is 9. The van der Waals surface area contributed by atoms with E-state index in [9.17, 15) is 4.79 Å². The largest absolute Gasteiger partial charge is 0.239 e. The van der Waals surface area contributed by atoms with Crippen LogP contribution in [0.15, 0.2) is 65.4 Å². The number of isocyanates is 1. The summed E-state index contributed by atoms with van der Waals surface area (Å²) in [7, 11) is 0. The van der Waals surface area contributed by atoms with E-state index in [1.54, 1.807) is 6.08 Å². The average molecular weight is 171 g/mol. The molecule has 1 aliphatic rings. The quantitative estimate of drug-likeness (QED) is 0.463. The van der Waals surface area contributed by atoms with E-state index >= 15 is 0 Å². The zero-order chi connectivity index (χ0) is 9.36. The van der Waals surface area contributed by atoms with E-state index in [1.165, 1.54) is 12.3 Å². The van der Waals surface area contributed by atoms with Gasteiger partial charge in [-0.15, -0.1) is 0 Å². The Balaban J connectivity index is 2.73. The standard InChI is InChI=1S/C11H9NO/c13-10-12-9-8-11-6-4-2-1-3-5-7-11/h1-9H/b2-1-,3-1?,4-2?,5-3-,6-4-,7-5?,9-8+,11-6?,11-7+. The Bertz CT molecular complexity index is 350. The van der Waals surface area contributed by atoms with Gasteiger partial charge >= 0.3 is 0 Å². The van der Waals surface area contributed by atoms with Crippen LogP contribution in [0.3, 0.4) is 0 Å². The summed E-state index contributed by atoms with van der Waals surface area (Å²) in [5, 5.41) is 0. The smallest absolute Gasteiger partial charge is 0.211 e. The van der Waals surface area contributed by atoms with E-state index in [1.807, 2.05) is 42.5 Å². The molecule has 0 aromatic heterocycles. The summed E-state index contributed by atoms with van der Waals surface area (Å²) in [4.78, 5) is 13.1. The molecule has 0 amide bonds. The van der Waals surface area contributed by atoms with E-state index in [0.717, 1.165) is 5.57 Å². The van der Waals surface area contributed by atoms with Crippen LogP contribution in [-0.4, -0.2) is 6.08 Å². The lowest BCUT2D eigenvalue weighted by Gasteiger charge is -1.90. The number of carbonyl (C=O) groups excluding carboxylic acids is 1. The molecule has 0 heterocycles. The molecule has 0 bridgehead atoms. The first-order valence-electron chi connectivity index (χ1n) is 3.89. The number of aliphatic imine (C=N–C) groups is 1. The third-order valence-electron chi connectivity index (χ3n) is 1.42. The van der Waals surface area contributed by atoms with Gasteiger partial charge in [0.1, 0.15) is 0 Å². The fourth-order valence-electron chi connectivity index (χ4n) is 0.846. The second-order valence-corrected chi connectivity index (χ2v) is 2.33. The van der Waals surface area contributed by atoms with Crippen LogP contribution in [0.5, 0.6) is 0 Å². The highest BCUT2D eigenvalue weighted by Gasteiger charge is 1.83. The van der Waals surface area contributed by atoms with Gasteiger partial charge < -0.3 is 0 Å². The first kappa shape index (κ1) is 9.17. The van der Waals surface area contributed by atoms with Gasteiger partial charge in [0.2, 0.25) is 6.08 Å². The summed E-state index contributed by atoms with van der Waals surface area (Å²) in [5.41, 5.74) is 0.986. The molecule has 0 radical (unpaired) electrons. The molecule has 0 aromatic carbocycles. The molecule has 64 valence electrons. The molecule has 1 rings (SSSR count). The summed E-state index contributed by atoms with van der Waals surface area (Å²) in [6.07, 6.45) is 18.1. The van der Waals surface area contributed by atoms with E-state index in [-0.39, 0.29) is 0 Å². The lowest BCUT2D eigenvalue weighted by molar-refractivity contribution is 0.565. The maximum atomic E-state index is 9.76. The Morgan fingerprint density at radius 1 is 1.15 bits per heavy atom. The number of nitrogens with zero attached hydrogens (tertiary/aromatic N) is 1. The van der Waals surface area contributed by atoms with E-state index in [2.05, 4.69) is 4.99 Å². The van der Waals surface area contributed by atoms with Gasteiger partial charge in [0.05, 0.1) is 0 Å². The summed E-state index contributed by atoms with van der Waals surface area (Å²) in [6.45, 7) is 0. The fourth-order valence-corrected chi connectivity index (χ4v) is 0.846. The molecule has 0 saturated carbocycles. The van der Waals surface area contributed by atoms with Crippen LogP contribution in [-0.2, 0) is 4.79 Å². The highest BCUT2D eigenvalue weighted by molar-refractivity contribution is 5.40. The van der Waals surface area contributed by atoms with Crippen molar-refractivity contribution in [2.75, 3.05) is 0 Å². The number of rotatable bonds is 2. The van der Waals surface area contributed by atoms with Crippen molar-refractivity contribution in [1.29, 1.82) is 0 Å². The average Bonchev–Trinajstić information content (AvgIpc) is 2.08. The van der Waals surface area contributed by atoms with Crippen molar-refractivity contribution in [1.82, 2.24) is 0 Å².